The molecule has 1 heterocycles. The van der Waals surface area contributed by atoms with Crippen LogP contribution in [-0.4, -0.2) is 17.0 Å². The van der Waals surface area contributed by atoms with E-state index in [1.165, 1.54) is 18.2 Å². The van der Waals surface area contributed by atoms with Gasteiger partial charge in [-0.05, 0) is 48.3 Å². The first kappa shape index (κ1) is 18.0. The molecule has 0 saturated carbocycles. The third-order valence-electron chi connectivity index (χ3n) is 4.61. The van der Waals surface area contributed by atoms with Gasteiger partial charge in [-0.15, -0.1) is 0 Å². The van der Waals surface area contributed by atoms with Gasteiger partial charge < -0.3 is 14.8 Å². The number of fused-ring (bicyclic) bond motifs is 2. The number of aliphatic carboxylic acids is 1. The van der Waals surface area contributed by atoms with E-state index in [4.69, 9.17) is 21.1 Å². The van der Waals surface area contributed by atoms with Crippen LogP contribution in [0.25, 0.3) is 22.6 Å². The quantitative estimate of drug-likeness (QED) is 0.640. The zero-order chi connectivity index (χ0) is 19.8. The maximum atomic E-state index is 12.8. The van der Waals surface area contributed by atoms with Crippen LogP contribution in [0.15, 0.2) is 51.7 Å². The van der Waals surface area contributed by atoms with E-state index in [1.54, 1.807) is 6.07 Å². The number of rotatable bonds is 2. The smallest absolute Gasteiger partial charge is 0.394 e. The molecule has 2 N–H and O–H groups in total. The first-order chi connectivity index (χ1) is 13.4. The van der Waals surface area contributed by atoms with Crippen molar-refractivity contribution in [2.24, 2.45) is 0 Å². The number of nitrogens with one attached hydrogen (secondary N) is 1. The molecule has 0 radical (unpaired) electrons. The lowest BCUT2D eigenvalue weighted by Crippen LogP contribution is -2.21. The van der Waals surface area contributed by atoms with Crippen LogP contribution in [0.5, 0.6) is 0 Å². The molecule has 0 saturated heterocycles. The molecular formula is C21H14ClNO5. The third kappa shape index (κ3) is 3.18. The van der Waals surface area contributed by atoms with E-state index in [1.807, 2.05) is 24.3 Å². The van der Waals surface area contributed by atoms with Gasteiger partial charge in [0.25, 0.3) is 0 Å². The fraction of sp³-hybridized carbons (Fsp3) is 0.0952. The number of carboxylic acid groups (broad SMARTS) is 1. The van der Waals surface area contributed by atoms with Crippen LogP contribution >= 0.6 is 11.6 Å². The minimum Gasteiger partial charge on any atom is -0.474 e. The van der Waals surface area contributed by atoms with E-state index in [-0.39, 0.29) is 16.7 Å². The summed E-state index contributed by atoms with van der Waals surface area (Å²) >= 11 is 6.23. The zero-order valence-corrected chi connectivity index (χ0v) is 15.2. The first-order valence-corrected chi connectivity index (χ1v) is 8.91. The normalized spacial score (nSPS) is 14.2. The SMILES string of the molecule is O=C(O)C(=O)Nc1ccc2c(=O)c3c(oc2c1)/C(=C/c1ccccc1Cl)CC3. The van der Waals surface area contributed by atoms with Gasteiger partial charge in [0.1, 0.15) is 11.3 Å². The minimum atomic E-state index is -1.60. The molecule has 1 aliphatic carbocycles. The van der Waals surface area contributed by atoms with E-state index in [2.05, 4.69) is 5.32 Å². The highest BCUT2D eigenvalue weighted by molar-refractivity contribution is 6.36. The summed E-state index contributed by atoms with van der Waals surface area (Å²) < 4.78 is 5.98. The summed E-state index contributed by atoms with van der Waals surface area (Å²) in [6.07, 6.45) is 3.12. The van der Waals surface area contributed by atoms with Crippen molar-refractivity contribution in [3.05, 3.63) is 74.6 Å². The lowest BCUT2D eigenvalue weighted by Gasteiger charge is -2.07. The molecule has 1 amide bonds. The first-order valence-electron chi connectivity index (χ1n) is 8.53. The number of anilines is 1. The predicted molar refractivity (Wildman–Crippen MR) is 106 cm³/mol. The van der Waals surface area contributed by atoms with Gasteiger partial charge in [0, 0.05) is 22.3 Å². The van der Waals surface area contributed by atoms with Gasteiger partial charge in [0.15, 0.2) is 5.43 Å². The van der Waals surface area contributed by atoms with Crippen LogP contribution in [0.4, 0.5) is 5.69 Å². The van der Waals surface area contributed by atoms with Gasteiger partial charge >= 0.3 is 11.9 Å². The second-order valence-corrected chi connectivity index (χ2v) is 6.81. The van der Waals surface area contributed by atoms with Crippen molar-refractivity contribution in [2.45, 2.75) is 12.8 Å². The Hall–Kier alpha value is -3.38. The van der Waals surface area contributed by atoms with Crippen molar-refractivity contribution >= 4 is 51.8 Å². The average molecular weight is 396 g/mol. The van der Waals surface area contributed by atoms with Crippen LogP contribution < -0.4 is 10.7 Å². The summed E-state index contributed by atoms with van der Waals surface area (Å²) in [5.41, 5.74) is 2.68. The van der Waals surface area contributed by atoms with Crippen LogP contribution in [0.1, 0.15) is 23.3 Å². The number of hydrogen-bond acceptors (Lipinski definition) is 4. The van der Waals surface area contributed by atoms with Crippen molar-refractivity contribution in [1.29, 1.82) is 0 Å². The Morgan fingerprint density at radius 2 is 1.93 bits per heavy atom. The van der Waals surface area contributed by atoms with Crippen LogP contribution in [-0.2, 0) is 16.0 Å². The van der Waals surface area contributed by atoms with Crippen molar-refractivity contribution < 1.29 is 19.1 Å². The van der Waals surface area contributed by atoms with Crippen molar-refractivity contribution in [3.8, 4) is 0 Å². The number of allylic oxidation sites excluding steroid dienone is 1. The number of hydrogen-bond donors (Lipinski definition) is 2. The fourth-order valence-corrected chi connectivity index (χ4v) is 3.46. The van der Waals surface area contributed by atoms with Crippen LogP contribution in [0, 0.1) is 0 Å². The Labute approximate surface area is 164 Å². The lowest BCUT2D eigenvalue weighted by atomic mass is 10.1. The summed E-state index contributed by atoms with van der Waals surface area (Å²) in [4.78, 5) is 34.9. The maximum Gasteiger partial charge on any atom is 0.394 e. The molecule has 0 spiro atoms. The Kier molecular flexibility index (Phi) is 4.49. The predicted octanol–water partition coefficient (Wildman–Crippen LogP) is 3.96. The lowest BCUT2D eigenvalue weighted by molar-refractivity contribution is -0.147. The topological polar surface area (TPSA) is 96.6 Å². The zero-order valence-electron chi connectivity index (χ0n) is 14.5. The average Bonchev–Trinajstić information content (AvgIpc) is 3.06. The van der Waals surface area contributed by atoms with Gasteiger partial charge in [-0.2, -0.15) is 0 Å². The molecule has 3 aromatic rings. The number of halogens is 1. The second kappa shape index (κ2) is 6.98. The summed E-state index contributed by atoms with van der Waals surface area (Å²) in [6, 6.07) is 11.8. The highest BCUT2D eigenvalue weighted by Crippen LogP contribution is 2.35. The maximum absolute atomic E-state index is 12.8. The molecule has 6 nitrogen and oxygen atoms in total. The summed E-state index contributed by atoms with van der Waals surface area (Å²) in [6.45, 7) is 0. The molecule has 7 heteroatoms. The molecule has 1 aliphatic rings. The molecule has 1 aromatic heterocycles. The van der Waals surface area contributed by atoms with Crippen molar-refractivity contribution in [2.75, 3.05) is 5.32 Å². The molecule has 28 heavy (non-hydrogen) atoms. The summed E-state index contributed by atoms with van der Waals surface area (Å²) in [7, 11) is 0. The molecule has 0 bridgehead atoms. The fourth-order valence-electron chi connectivity index (χ4n) is 3.27. The Balaban J connectivity index is 1.81. The van der Waals surface area contributed by atoms with Gasteiger partial charge in [0.2, 0.25) is 0 Å². The number of amides is 1. The third-order valence-corrected chi connectivity index (χ3v) is 4.95. The summed E-state index contributed by atoms with van der Waals surface area (Å²) in [5.74, 6) is -2.26. The van der Waals surface area contributed by atoms with Gasteiger partial charge in [-0.25, -0.2) is 4.79 Å². The highest BCUT2D eigenvalue weighted by atomic mass is 35.5. The largest absolute Gasteiger partial charge is 0.474 e. The van der Waals surface area contributed by atoms with E-state index < -0.39 is 11.9 Å². The second-order valence-electron chi connectivity index (χ2n) is 6.40. The molecule has 0 unspecified atom stereocenters. The number of carbonyl (C=O) groups is 2. The minimum absolute atomic E-state index is 0.130. The van der Waals surface area contributed by atoms with Crippen molar-refractivity contribution in [1.82, 2.24) is 0 Å². The highest BCUT2D eigenvalue weighted by Gasteiger charge is 2.24. The molecular weight excluding hydrogens is 382 g/mol. The Morgan fingerprint density at radius 3 is 2.68 bits per heavy atom. The van der Waals surface area contributed by atoms with Crippen LogP contribution in [0.2, 0.25) is 5.02 Å². The molecule has 140 valence electrons. The molecule has 0 atom stereocenters. The van der Waals surface area contributed by atoms with Gasteiger partial charge in [-0.3, -0.25) is 9.59 Å². The number of carbonyl (C=O) groups excluding carboxylic acids is 1. The molecule has 0 fully saturated rings. The van der Waals surface area contributed by atoms with Gasteiger partial charge in [-0.1, -0.05) is 29.8 Å². The van der Waals surface area contributed by atoms with Crippen LogP contribution in [0.3, 0.4) is 0 Å². The van der Waals surface area contributed by atoms with E-state index in [0.717, 1.165) is 11.1 Å². The Bertz CT molecular complexity index is 1230. The Morgan fingerprint density at radius 1 is 1.14 bits per heavy atom. The molecule has 4 rings (SSSR count). The van der Waals surface area contributed by atoms with E-state index >= 15 is 0 Å². The summed E-state index contributed by atoms with van der Waals surface area (Å²) in [5, 5.41) is 12.0. The van der Waals surface area contributed by atoms with Crippen molar-refractivity contribution in [3.63, 3.8) is 0 Å². The molecule has 0 aliphatic heterocycles. The van der Waals surface area contributed by atoms with E-state index in [9.17, 15) is 14.4 Å². The standard InChI is InChI=1S/C21H14ClNO5/c22-16-4-2-1-3-11(16)9-12-5-7-15-18(24)14-8-6-13(23-20(25)21(26)27)10-17(14)28-19(12)15/h1-4,6,8-10H,5,7H2,(H,23,25)(H,26,27)/b12-9+. The van der Waals surface area contributed by atoms with E-state index in [0.29, 0.717) is 34.6 Å². The number of carboxylic acids is 1. The van der Waals surface area contributed by atoms with Gasteiger partial charge in [0.05, 0.1) is 5.39 Å². The monoisotopic (exact) mass is 395 g/mol. The number of benzene rings is 2. The molecule has 2 aromatic carbocycles.